The molecule has 0 aliphatic rings. The molecule has 3 aromatic rings. The monoisotopic (exact) mass is 639 g/mol. The van der Waals surface area contributed by atoms with Crippen molar-refractivity contribution in [1.82, 2.24) is 0 Å². The van der Waals surface area contributed by atoms with E-state index in [9.17, 15) is 0 Å². The Morgan fingerprint density at radius 2 is 1.11 bits per heavy atom. The van der Waals surface area contributed by atoms with E-state index in [0.717, 1.165) is 28.2 Å². The molecule has 0 aliphatic carbocycles. The normalized spacial score (nSPS) is 12.0. The molecular formula is C34H45N3O9. The van der Waals surface area contributed by atoms with Crippen molar-refractivity contribution in [2.75, 3.05) is 94.1 Å². The van der Waals surface area contributed by atoms with Crippen molar-refractivity contribution >= 4 is 0 Å². The molecule has 3 aromatic carbocycles. The molecule has 12 heteroatoms. The van der Waals surface area contributed by atoms with E-state index in [-0.39, 0.29) is 19.9 Å². The predicted octanol–water partition coefficient (Wildman–Crippen LogP) is 5.38. The number of benzene rings is 3. The van der Waals surface area contributed by atoms with Gasteiger partial charge in [0.1, 0.15) is 29.9 Å². The van der Waals surface area contributed by atoms with Crippen LogP contribution in [0.5, 0.6) is 11.5 Å². The Balaban J connectivity index is 1.73. The van der Waals surface area contributed by atoms with E-state index in [4.69, 9.17) is 48.2 Å². The zero-order chi connectivity index (χ0) is 32.7. The number of hydrogen-bond donors (Lipinski definition) is 0. The third-order valence-electron chi connectivity index (χ3n) is 6.93. The van der Waals surface area contributed by atoms with E-state index in [0.29, 0.717) is 52.9 Å². The SMILES string of the molecule is COCCOCCOCCOCCO[C@H](COCN=[N+]=[N-])COC(c1ccccc1)(c1ccc(OC)cc1)c1ccc(OC)cc1. The van der Waals surface area contributed by atoms with Crippen LogP contribution in [-0.2, 0) is 38.8 Å². The van der Waals surface area contributed by atoms with Gasteiger partial charge in [0.25, 0.3) is 0 Å². The maximum absolute atomic E-state index is 8.69. The summed E-state index contributed by atoms with van der Waals surface area (Å²) in [5.41, 5.74) is 10.4. The first kappa shape index (κ1) is 36.8. The molecule has 0 aliphatic heterocycles. The lowest BCUT2D eigenvalue weighted by molar-refractivity contribution is -0.101. The highest BCUT2D eigenvalue weighted by Gasteiger charge is 2.38. The average molecular weight is 640 g/mol. The zero-order valence-electron chi connectivity index (χ0n) is 26.9. The third kappa shape index (κ3) is 11.9. The minimum atomic E-state index is -1.02. The Morgan fingerprint density at radius 3 is 1.61 bits per heavy atom. The maximum atomic E-state index is 8.69. The summed E-state index contributed by atoms with van der Waals surface area (Å²) >= 11 is 0. The highest BCUT2D eigenvalue weighted by molar-refractivity contribution is 5.49. The van der Waals surface area contributed by atoms with Crippen molar-refractivity contribution in [2.24, 2.45) is 5.11 Å². The number of methoxy groups -OCH3 is 3. The number of ether oxygens (including phenoxy) is 9. The summed E-state index contributed by atoms with van der Waals surface area (Å²) in [7, 11) is 4.90. The standard InChI is InChI=1S/C34H45N3O9/c1-38-17-18-41-19-20-42-21-22-43-23-24-45-33(25-44-27-36-37-35)26-46-34(28-7-5-4-6-8-28,29-9-13-31(39-2)14-10-29)30-11-15-32(40-3)16-12-30/h4-16,33H,17-27H2,1-3H3/t33-/m1/s1. The zero-order valence-corrected chi connectivity index (χ0v) is 26.9. The van der Waals surface area contributed by atoms with Gasteiger partial charge in [-0.2, -0.15) is 0 Å². The summed E-state index contributed by atoms with van der Waals surface area (Å²) in [6, 6.07) is 25.6. The predicted molar refractivity (Wildman–Crippen MR) is 172 cm³/mol. The number of rotatable bonds is 25. The van der Waals surface area contributed by atoms with Gasteiger partial charge in [-0.15, -0.1) is 0 Å². The van der Waals surface area contributed by atoms with E-state index in [1.165, 1.54) is 0 Å². The van der Waals surface area contributed by atoms with Crippen LogP contribution in [0.25, 0.3) is 10.4 Å². The Hall–Kier alpha value is -3.71. The van der Waals surface area contributed by atoms with Gasteiger partial charge in [-0.3, -0.25) is 0 Å². The highest BCUT2D eigenvalue weighted by atomic mass is 16.6. The summed E-state index contributed by atoms with van der Waals surface area (Å²) in [4.78, 5) is 2.76. The average Bonchev–Trinajstić information content (AvgIpc) is 3.11. The second kappa shape index (κ2) is 21.9. The van der Waals surface area contributed by atoms with E-state index < -0.39 is 11.7 Å². The minimum Gasteiger partial charge on any atom is -0.497 e. The fourth-order valence-electron chi connectivity index (χ4n) is 4.65. The van der Waals surface area contributed by atoms with Gasteiger partial charge in [-0.1, -0.05) is 59.7 Å². The van der Waals surface area contributed by atoms with Gasteiger partial charge in [-0.05, 0) is 46.5 Å². The minimum absolute atomic E-state index is 0.125. The van der Waals surface area contributed by atoms with Crippen LogP contribution in [0, 0.1) is 0 Å². The van der Waals surface area contributed by atoms with Crippen LogP contribution < -0.4 is 9.47 Å². The molecule has 0 amide bonds. The fourth-order valence-corrected chi connectivity index (χ4v) is 4.65. The Labute approximate surface area is 271 Å². The second-order valence-corrected chi connectivity index (χ2v) is 9.87. The number of nitrogens with zero attached hydrogens (tertiary/aromatic N) is 3. The lowest BCUT2D eigenvalue weighted by Gasteiger charge is -2.37. The first-order valence-electron chi connectivity index (χ1n) is 15.1. The second-order valence-electron chi connectivity index (χ2n) is 9.87. The van der Waals surface area contributed by atoms with Gasteiger partial charge >= 0.3 is 0 Å². The van der Waals surface area contributed by atoms with E-state index in [1.807, 2.05) is 78.9 Å². The van der Waals surface area contributed by atoms with Crippen LogP contribution in [0.15, 0.2) is 84.0 Å². The van der Waals surface area contributed by atoms with E-state index in [2.05, 4.69) is 10.0 Å². The van der Waals surface area contributed by atoms with Crippen molar-refractivity contribution in [3.8, 4) is 11.5 Å². The molecule has 0 aromatic heterocycles. The molecule has 0 bridgehead atoms. The summed E-state index contributed by atoms with van der Waals surface area (Å²) < 4.78 is 51.1. The van der Waals surface area contributed by atoms with Crippen LogP contribution in [-0.4, -0.2) is 100 Å². The smallest absolute Gasteiger partial charge is 0.143 e. The largest absolute Gasteiger partial charge is 0.497 e. The molecule has 0 radical (unpaired) electrons. The summed E-state index contributed by atoms with van der Waals surface area (Å²) in [6.45, 7) is 3.75. The van der Waals surface area contributed by atoms with Crippen LogP contribution >= 0.6 is 0 Å². The van der Waals surface area contributed by atoms with Gasteiger partial charge < -0.3 is 42.6 Å². The van der Waals surface area contributed by atoms with Gasteiger partial charge in [0.2, 0.25) is 0 Å². The topological polar surface area (TPSA) is 132 Å². The lowest BCUT2D eigenvalue weighted by Crippen LogP contribution is -2.38. The molecule has 0 N–H and O–H groups in total. The molecule has 0 saturated heterocycles. The summed E-state index contributed by atoms with van der Waals surface area (Å²) in [5, 5.41) is 3.48. The van der Waals surface area contributed by atoms with Crippen LogP contribution in [0.1, 0.15) is 16.7 Å². The first-order valence-corrected chi connectivity index (χ1v) is 15.1. The van der Waals surface area contributed by atoms with Crippen molar-refractivity contribution in [1.29, 1.82) is 0 Å². The van der Waals surface area contributed by atoms with E-state index >= 15 is 0 Å². The molecule has 250 valence electrons. The fraction of sp³-hybridized carbons (Fsp3) is 0.471. The Kier molecular flexibility index (Phi) is 17.5. The van der Waals surface area contributed by atoms with Crippen LogP contribution in [0.4, 0.5) is 0 Å². The lowest BCUT2D eigenvalue weighted by atomic mass is 9.80. The first-order chi connectivity index (χ1) is 22.7. The Bertz CT molecular complexity index is 1210. The summed E-state index contributed by atoms with van der Waals surface area (Å²) in [5.74, 6) is 1.46. The molecule has 0 fully saturated rings. The molecule has 0 unspecified atom stereocenters. The molecule has 0 spiro atoms. The quantitative estimate of drug-likeness (QED) is 0.0394. The van der Waals surface area contributed by atoms with Crippen molar-refractivity contribution in [3.63, 3.8) is 0 Å². The molecule has 1 atom stereocenters. The van der Waals surface area contributed by atoms with Gasteiger partial charge in [-0.25, -0.2) is 0 Å². The van der Waals surface area contributed by atoms with Crippen molar-refractivity contribution < 1.29 is 42.6 Å². The highest BCUT2D eigenvalue weighted by Crippen LogP contribution is 2.41. The van der Waals surface area contributed by atoms with Crippen LogP contribution in [0.3, 0.4) is 0 Å². The van der Waals surface area contributed by atoms with Crippen molar-refractivity contribution in [3.05, 3.63) is 106 Å². The van der Waals surface area contributed by atoms with E-state index in [1.54, 1.807) is 21.3 Å². The van der Waals surface area contributed by atoms with Gasteiger partial charge in [0, 0.05) is 12.0 Å². The maximum Gasteiger partial charge on any atom is 0.143 e. The molecule has 3 rings (SSSR count). The van der Waals surface area contributed by atoms with Gasteiger partial charge in [0.05, 0.1) is 80.3 Å². The summed E-state index contributed by atoms with van der Waals surface area (Å²) in [6.07, 6.45) is -0.502. The molecule has 46 heavy (non-hydrogen) atoms. The van der Waals surface area contributed by atoms with Crippen LogP contribution in [0.2, 0.25) is 0 Å². The van der Waals surface area contributed by atoms with Gasteiger partial charge in [0.15, 0.2) is 0 Å². The number of azide groups is 1. The molecular weight excluding hydrogens is 594 g/mol. The molecule has 0 saturated carbocycles. The number of hydrogen-bond acceptors (Lipinski definition) is 10. The molecule has 12 nitrogen and oxygen atoms in total. The third-order valence-corrected chi connectivity index (χ3v) is 6.93. The van der Waals surface area contributed by atoms with Crippen molar-refractivity contribution in [2.45, 2.75) is 11.7 Å². The molecule has 0 heterocycles. The Morgan fingerprint density at radius 1 is 0.609 bits per heavy atom.